The molecule has 1 fully saturated rings. The summed E-state index contributed by atoms with van der Waals surface area (Å²) < 4.78 is 2.30. The van der Waals surface area contributed by atoms with Crippen LogP contribution >= 0.6 is 0 Å². The van der Waals surface area contributed by atoms with Crippen molar-refractivity contribution >= 4 is 16.7 Å². The third-order valence-corrected chi connectivity index (χ3v) is 4.47. The van der Waals surface area contributed by atoms with Crippen LogP contribution in [-0.2, 0) is 18.3 Å². The highest BCUT2D eigenvalue weighted by Crippen LogP contribution is 2.38. The number of Topliss-reactive ketones (excluding diaryl/α,β-unsaturated/α-hetero) is 1. The molecule has 1 aromatic carbocycles. The van der Waals surface area contributed by atoms with E-state index in [1.807, 2.05) is 0 Å². The Morgan fingerprint density at radius 1 is 1.28 bits per heavy atom. The van der Waals surface area contributed by atoms with Crippen molar-refractivity contribution in [3.05, 3.63) is 35.5 Å². The molecule has 0 aliphatic carbocycles. The van der Waals surface area contributed by atoms with Gasteiger partial charge in [0, 0.05) is 36.1 Å². The molecular formula is C15H16N2O. The van der Waals surface area contributed by atoms with E-state index in [1.54, 1.807) is 0 Å². The van der Waals surface area contributed by atoms with Crippen molar-refractivity contribution in [1.82, 2.24) is 9.88 Å². The first-order valence-corrected chi connectivity index (χ1v) is 6.60. The first-order chi connectivity index (χ1) is 8.75. The predicted octanol–water partition coefficient (Wildman–Crippen LogP) is 2.10. The van der Waals surface area contributed by atoms with Crippen molar-refractivity contribution in [2.24, 2.45) is 7.05 Å². The number of nitrogens with zero attached hydrogens (tertiary/aromatic N) is 1. The van der Waals surface area contributed by atoms with Gasteiger partial charge in [-0.1, -0.05) is 18.2 Å². The van der Waals surface area contributed by atoms with Crippen molar-refractivity contribution < 1.29 is 4.79 Å². The molecule has 0 unspecified atom stereocenters. The van der Waals surface area contributed by atoms with Crippen LogP contribution in [0.2, 0.25) is 0 Å². The summed E-state index contributed by atoms with van der Waals surface area (Å²) in [5.74, 6) is 0.379. The van der Waals surface area contributed by atoms with Gasteiger partial charge in [0.25, 0.3) is 0 Å². The van der Waals surface area contributed by atoms with Gasteiger partial charge in [-0.15, -0.1) is 0 Å². The quantitative estimate of drug-likeness (QED) is 0.765. The zero-order valence-corrected chi connectivity index (χ0v) is 10.4. The lowest BCUT2D eigenvalue weighted by Crippen LogP contribution is -2.48. The van der Waals surface area contributed by atoms with Gasteiger partial charge in [-0.3, -0.25) is 10.1 Å². The number of piperidine rings is 1. The van der Waals surface area contributed by atoms with E-state index in [4.69, 9.17) is 0 Å². The van der Waals surface area contributed by atoms with Crippen molar-refractivity contribution in [2.45, 2.75) is 31.3 Å². The van der Waals surface area contributed by atoms with Crippen LogP contribution in [0.25, 0.3) is 10.9 Å². The molecule has 92 valence electrons. The van der Waals surface area contributed by atoms with E-state index in [-0.39, 0.29) is 6.04 Å². The van der Waals surface area contributed by atoms with Crippen molar-refractivity contribution in [3.8, 4) is 0 Å². The van der Waals surface area contributed by atoms with Gasteiger partial charge >= 0.3 is 0 Å². The highest BCUT2D eigenvalue weighted by molar-refractivity contribution is 5.90. The summed E-state index contributed by atoms with van der Waals surface area (Å²) in [7, 11) is 2.14. The maximum absolute atomic E-state index is 11.9. The fourth-order valence-electron chi connectivity index (χ4n) is 3.62. The first-order valence-electron chi connectivity index (χ1n) is 6.60. The Morgan fingerprint density at radius 2 is 2.11 bits per heavy atom. The molecule has 1 aromatic heterocycles. The molecule has 3 nitrogen and oxygen atoms in total. The maximum Gasteiger partial charge on any atom is 0.150 e. The lowest BCUT2D eigenvalue weighted by molar-refractivity contribution is -0.123. The van der Waals surface area contributed by atoms with E-state index in [0.717, 1.165) is 19.3 Å². The second kappa shape index (κ2) is 3.45. The molecule has 2 aliphatic heterocycles. The Kier molecular flexibility index (Phi) is 1.98. The number of carbonyl (C=O) groups excluding carboxylic acids is 1. The molecule has 0 amide bonds. The zero-order chi connectivity index (χ0) is 12.3. The highest BCUT2D eigenvalue weighted by atomic mass is 16.1. The van der Waals surface area contributed by atoms with Gasteiger partial charge in [0.2, 0.25) is 0 Å². The fourth-order valence-corrected chi connectivity index (χ4v) is 3.62. The Hall–Kier alpha value is -1.61. The largest absolute Gasteiger partial charge is 0.346 e. The van der Waals surface area contributed by atoms with Gasteiger partial charge < -0.3 is 4.57 Å². The molecule has 0 saturated carbocycles. The summed E-state index contributed by atoms with van der Waals surface area (Å²) in [5.41, 5.74) is 4.05. The van der Waals surface area contributed by atoms with E-state index >= 15 is 0 Å². The number of ketones is 1. The van der Waals surface area contributed by atoms with Gasteiger partial charge in [0.05, 0.1) is 6.04 Å². The number of hydrogen-bond acceptors (Lipinski definition) is 2. The van der Waals surface area contributed by atoms with E-state index in [2.05, 4.69) is 41.2 Å². The molecule has 2 atom stereocenters. The van der Waals surface area contributed by atoms with E-state index in [1.165, 1.54) is 22.2 Å². The average molecular weight is 240 g/mol. The van der Waals surface area contributed by atoms with Gasteiger partial charge in [-0.05, 0) is 24.5 Å². The summed E-state index contributed by atoms with van der Waals surface area (Å²) in [6.07, 6.45) is 2.52. The summed E-state index contributed by atoms with van der Waals surface area (Å²) in [6, 6.07) is 8.91. The summed E-state index contributed by atoms with van der Waals surface area (Å²) in [5, 5.41) is 4.81. The van der Waals surface area contributed by atoms with Crippen molar-refractivity contribution in [3.63, 3.8) is 0 Å². The van der Waals surface area contributed by atoms with E-state index in [0.29, 0.717) is 11.8 Å². The maximum atomic E-state index is 11.9. The molecule has 2 aromatic rings. The average Bonchev–Trinajstić information content (AvgIpc) is 2.69. The lowest BCUT2D eigenvalue weighted by Gasteiger charge is -2.35. The van der Waals surface area contributed by atoms with Gasteiger partial charge in [-0.2, -0.15) is 0 Å². The smallest absolute Gasteiger partial charge is 0.150 e. The second-order valence-corrected chi connectivity index (χ2v) is 5.42. The molecule has 1 saturated heterocycles. The topological polar surface area (TPSA) is 34.0 Å². The minimum atomic E-state index is 0.0436. The molecule has 2 bridgehead atoms. The zero-order valence-electron chi connectivity index (χ0n) is 10.4. The molecule has 0 spiro atoms. The Balaban J connectivity index is 2.01. The molecule has 1 N–H and O–H groups in total. The van der Waals surface area contributed by atoms with Crippen LogP contribution in [0.15, 0.2) is 24.3 Å². The molecule has 3 heterocycles. The van der Waals surface area contributed by atoms with Crippen LogP contribution in [0.4, 0.5) is 0 Å². The molecule has 4 rings (SSSR count). The van der Waals surface area contributed by atoms with Crippen molar-refractivity contribution in [2.75, 3.05) is 0 Å². The number of benzene rings is 1. The van der Waals surface area contributed by atoms with E-state index < -0.39 is 0 Å². The van der Waals surface area contributed by atoms with Crippen LogP contribution < -0.4 is 5.32 Å². The fraction of sp³-hybridized carbons (Fsp3) is 0.400. The third kappa shape index (κ3) is 1.20. The minimum absolute atomic E-state index is 0.0436. The van der Waals surface area contributed by atoms with Crippen molar-refractivity contribution in [1.29, 1.82) is 0 Å². The lowest BCUT2D eigenvalue weighted by atomic mass is 9.84. The van der Waals surface area contributed by atoms with E-state index in [9.17, 15) is 4.79 Å². The first kappa shape index (κ1) is 10.3. The minimum Gasteiger partial charge on any atom is -0.346 e. The number of carbonyl (C=O) groups is 1. The van der Waals surface area contributed by atoms with Crippen LogP contribution in [0.3, 0.4) is 0 Å². The van der Waals surface area contributed by atoms with Crippen LogP contribution in [0, 0.1) is 0 Å². The molecule has 0 radical (unpaired) electrons. The highest BCUT2D eigenvalue weighted by Gasteiger charge is 2.37. The van der Waals surface area contributed by atoms with Gasteiger partial charge in [0.1, 0.15) is 5.78 Å². The summed E-state index contributed by atoms with van der Waals surface area (Å²) in [4.78, 5) is 11.9. The molecule has 3 heteroatoms. The Bertz CT molecular complexity index is 656. The molecular weight excluding hydrogens is 224 g/mol. The molecule has 18 heavy (non-hydrogen) atoms. The number of nitrogens with one attached hydrogen (secondary N) is 1. The molecule has 2 aliphatic rings. The number of rotatable bonds is 0. The van der Waals surface area contributed by atoms with Crippen LogP contribution in [-0.4, -0.2) is 16.4 Å². The van der Waals surface area contributed by atoms with Crippen LogP contribution in [0.1, 0.15) is 30.1 Å². The SMILES string of the molecule is Cn1c2c(c3ccccc31)C[C@@H]1N[C@H]2CCC1=O. The number of hydrogen-bond donors (Lipinski definition) is 1. The predicted molar refractivity (Wildman–Crippen MR) is 70.5 cm³/mol. The number of fused-ring (bicyclic) bond motifs is 6. The summed E-state index contributed by atoms with van der Waals surface area (Å²) in [6.45, 7) is 0. The van der Waals surface area contributed by atoms with Gasteiger partial charge in [0.15, 0.2) is 0 Å². The third-order valence-electron chi connectivity index (χ3n) is 4.47. The number of aromatic nitrogens is 1. The summed E-state index contributed by atoms with van der Waals surface area (Å²) >= 11 is 0. The normalized spacial score (nSPS) is 26.4. The van der Waals surface area contributed by atoms with Crippen LogP contribution in [0.5, 0.6) is 0 Å². The monoisotopic (exact) mass is 240 g/mol. The Morgan fingerprint density at radius 3 is 3.00 bits per heavy atom. The van der Waals surface area contributed by atoms with Gasteiger partial charge in [-0.25, -0.2) is 0 Å². The number of para-hydroxylation sites is 1. The second-order valence-electron chi connectivity index (χ2n) is 5.42. The number of aryl methyl sites for hydroxylation is 1. The standard InChI is InChI=1S/C15H16N2O/c1-17-13-5-3-2-4-9(13)10-8-12-14(18)7-6-11(16-12)15(10)17/h2-5,11-12,16H,6-8H2,1H3/t11-,12-/m0/s1. The Labute approximate surface area is 106 Å².